The van der Waals surface area contributed by atoms with E-state index in [0.29, 0.717) is 5.75 Å². The van der Waals surface area contributed by atoms with Gasteiger partial charge in [0.2, 0.25) is 5.91 Å². The molecule has 15 heavy (non-hydrogen) atoms. The molecule has 0 saturated carbocycles. The van der Waals surface area contributed by atoms with Gasteiger partial charge in [-0.3, -0.25) is 4.79 Å². The van der Waals surface area contributed by atoms with E-state index >= 15 is 0 Å². The number of rotatable bonds is 5. The summed E-state index contributed by atoms with van der Waals surface area (Å²) in [4.78, 5) is 12.1. The first-order valence-electron chi connectivity index (χ1n) is 4.49. The molecule has 1 unspecified atom stereocenters. The minimum absolute atomic E-state index is 0.290. The fraction of sp³-hybridized carbons (Fsp3) is 0.300. The summed E-state index contributed by atoms with van der Waals surface area (Å²) in [5, 5.41) is 2.88. The fourth-order valence-electron chi connectivity index (χ4n) is 1.04. The zero-order valence-corrected chi connectivity index (χ0v) is 10.8. The molecule has 0 spiro atoms. The fourth-order valence-corrected chi connectivity index (χ4v) is 2.73. The maximum Gasteiger partial charge on any atom is 0.235 e. The summed E-state index contributed by atoms with van der Waals surface area (Å²) in [6, 6.07) is 7.61. The predicted octanol–water partition coefficient (Wildman–Crippen LogP) is 1.61. The lowest BCUT2D eigenvalue weighted by Gasteiger charge is -2.11. The molecule has 3 nitrogen and oxygen atoms in total. The Balaban J connectivity index is 2.56. The summed E-state index contributed by atoms with van der Waals surface area (Å²) in [6.45, 7) is 0. The van der Waals surface area contributed by atoms with Gasteiger partial charge in [0.1, 0.15) is 0 Å². The van der Waals surface area contributed by atoms with Crippen molar-refractivity contribution < 1.29 is 4.79 Å². The standard InChI is InChI=1S/C10H13BrN2OS/c1-13-8(10(12)14)6-15-9-5-3-2-4-7(9)11/h2-5,8,13H,6H2,1H3,(H2,12,14). The molecule has 5 heteroatoms. The SMILES string of the molecule is CNC(CSc1ccccc1Br)C(N)=O. The molecule has 82 valence electrons. The highest BCUT2D eigenvalue weighted by atomic mass is 79.9. The molecule has 0 aliphatic carbocycles. The lowest BCUT2D eigenvalue weighted by molar-refractivity contribution is -0.119. The molecule has 0 radical (unpaired) electrons. The van der Waals surface area contributed by atoms with Crippen molar-refractivity contribution >= 4 is 33.6 Å². The second kappa shape index (κ2) is 6.15. The number of hydrogen-bond donors (Lipinski definition) is 2. The molecule has 0 saturated heterocycles. The maximum atomic E-state index is 11.0. The van der Waals surface area contributed by atoms with Crippen molar-refractivity contribution in [3.05, 3.63) is 28.7 Å². The lowest BCUT2D eigenvalue weighted by atomic mass is 10.3. The quantitative estimate of drug-likeness (QED) is 0.810. The minimum Gasteiger partial charge on any atom is -0.368 e. The first-order chi connectivity index (χ1) is 7.15. The van der Waals surface area contributed by atoms with E-state index in [4.69, 9.17) is 5.73 Å². The Bertz CT molecular complexity index is 346. The zero-order chi connectivity index (χ0) is 11.3. The van der Waals surface area contributed by atoms with Crippen molar-refractivity contribution in [2.24, 2.45) is 5.73 Å². The van der Waals surface area contributed by atoms with Crippen LogP contribution in [0.4, 0.5) is 0 Å². The van der Waals surface area contributed by atoms with Crippen LogP contribution in [0.2, 0.25) is 0 Å². The molecule has 0 aliphatic heterocycles. The van der Waals surface area contributed by atoms with Gasteiger partial charge in [-0.15, -0.1) is 11.8 Å². The van der Waals surface area contributed by atoms with Crippen LogP contribution in [0.25, 0.3) is 0 Å². The third kappa shape index (κ3) is 3.85. The smallest absolute Gasteiger partial charge is 0.235 e. The normalized spacial score (nSPS) is 12.4. The number of nitrogens with two attached hydrogens (primary N) is 1. The van der Waals surface area contributed by atoms with E-state index in [1.807, 2.05) is 24.3 Å². The molecule has 0 aliphatic rings. The highest BCUT2D eigenvalue weighted by molar-refractivity contribution is 9.10. The van der Waals surface area contributed by atoms with Crippen molar-refractivity contribution in [1.82, 2.24) is 5.32 Å². The number of hydrogen-bond acceptors (Lipinski definition) is 3. The highest BCUT2D eigenvalue weighted by Gasteiger charge is 2.13. The third-order valence-electron chi connectivity index (χ3n) is 1.93. The Hall–Kier alpha value is -0.520. The van der Waals surface area contributed by atoms with Crippen LogP contribution in [0.3, 0.4) is 0 Å². The Morgan fingerprint density at radius 3 is 2.80 bits per heavy atom. The van der Waals surface area contributed by atoms with Gasteiger partial charge in [0, 0.05) is 15.1 Å². The monoisotopic (exact) mass is 288 g/mol. The third-order valence-corrected chi connectivity index (χ3v) is 4.06. The van der Waals surface area contributed by atoms with Crippen molar-refractivity contribution in [2.75, 3.05) is 12.8 Å². The van der Waals surface area contributed by atoms with E-state index in [1.54, 1.807) is 18.8 Å². The number of benzene rings is 1. The zero-order valence-electron chi connectivity index (χ0n) is 8.37. The van der Waals surface area contributed by atoms with Gasteiger partial charge in [-0.25, -0.2) is 0 Å². The van der Waals surface area contributed by atoms with Crippen molar-refractivity contribution in [1.29, 1.82) is 0 Å². The lowest BCUT2D eigenvalue weighted by Crippen LogP contribution is -2.41. The van der Waals surface area contributed by atoms with Crippen LogP contribution in [0, 0.1) is 0 Å². The van der Waals surface area contributed by atoms with Crippen molar-refractivity contribution in [3.63, 3.8) is 0 Å². The second-order valence-corrected chi connectivity index (χ2v) is 4.90. The number of likely N-dealkylation sites (N-methyl/N-ethyl adjacent to an activating group) is 1. The maximum absolute atomic E-state index is 11.0. The van der Waals surface area contributed by atoms with Crippen LogP contribution in [0.15, 0.2) is 33.6 Å². The number of nitrogens with one attached hydrogen (secondary N) is 1. The molecule has 0 heterocycles. The van der Waals surface area contributed by atoms with Gasteiger partial charge in [0.05, 0.1) is 6.04 Å². The molecule has 1 aromatic carbocycles. The van der Waals surface area contributed by atoms with E-state index in [0.717, 1.165) is 9.37 Å². The number of primary amides is 1. The molecule has 1 atom stereocenters. The molecular weight excluding hydrogens is 276 g/mol. The number of thioether (sulfide) groups is 1. The van der Waals surface area contributed by atoms with Gasteiger partial charge in [-0.1, -0.05) is 12.1 Å². The van der Waals surface area contributed by atoms with E-state index in [2.05, 4.69) is 21.2 Å². The largest absolute Gasteiger partial charge is 0.368 e. The Morgan fingerprint density at radius 2 is 2.27 bits per heavy atom. The van der Waals surface area contributed by atoms with Crippen LogP contribution in [-0.2, 0) is 4.79 Å². The minimum atomic E-state index is -0.322. The number of amides is 1. The summed E-state index contributed by atoms with van der Waals surface area (Å²) in [5.74, 6) is 0.311. The summed E-state index contributed by atoms with van der Waals surface area (Å²) in [6.07, 6.45) is 0. The van der Waals surface area contributed by atoms with E-state index in [-0.39, 0.29) is 11.9 Å². The van der Waals surface area contributed by atoms with Crippen molar-refractivity contribution in [3.8, 4) is 0 Å². The summed E-state index contributed by atoms with van der Waals surface area (Å²) in [5.41, 5.74) is 5.22. The molecule has 1 rings (SSSR count). The van der Waals surface area contributed by atoms with Crippen LogP contribution in [0.5, 0.6) is 0 Å². The molecule has 1 amide bonds. The number of carbonyl (C=O) groups is 1. The average molecular weight is 289 g/mol. The first-order valence-corrected chi connectivity index (χ1v) is 6.27. The molecule has 0 bridgehead atoms. The van der Waals surface area contributed by atoms with Gasteiger partial charge < -0.3 is 11.1 Å². The molecule has 1 aromatic rings. The van der Waals surface area contributed by atoms with Crippen LogP contribution in [0.1, 0.15) is 0 Å². The predicted molar refractivity (Wildman–Crippen MR) is 66.9 cm³/mol. The van der Waals surface area contributed by atoms with Crippen LogP contribution >= 0.6 is 27.7 Å². The van der Waals surface area contributed by atoms with Gasteiger partial charge in [-0.2, -0.15) is 0 Å². The summed E-state index contributed by atoms with van der Waals surface area (Å²) < 4.78 is 1.04. The van der Waals surface area contributed by atoms with E-state index in [1.165, 1.54) is 0 Å². The van der Waals surface area contributed by atoms with E-state index < -0.39 is 0 Å². The van der Waals surface area contributed by atoms with E-state index in [9.17, 15) is 4.79 Å². The summed E-state index contributed by atoms with van der Waals surface area (Å²) >= 11 is 5.05. The molecule has 0 aromatic heterocycles. The van der Waals surface area contributed by atoms with Crippen LogP contribution < -0.4 is 11.1 Å². The number of halogens is 1. The van der Waals surface area contributed by atoms with Gasteiger partial charge in [0.15, 0.2) is 0 Å². The summed E-state index contributed by atoms with van der Waals surface area (Å²) in [7, 11) is 1.73. The molecule has 3 N–H and O–H groups in total. The van der Waals surface area contributed by atoms with Crippen LogP contribution in [-0.4, -0.2) is 24.7 Å². The Labute approximate surface area is 102 Å². The van der Waals surface area contributed by atoms with Crippen molar-refractivity contribution in [2.45, 2.75) is 10.9 Å². The Morgan fingerprint density at radius 1 is 1.60 bits per heavy atom. The van der Waals surface area contributed by atoms with Gasteiger partial charge >= 0.3 is 0 Å². The Kier molecular flexibility index (Phi) is 5.14. The van der Waals surface area contributed by atoms with Gasteiger partial charge in [0.25, 0.3) is 0 Å². The highest BCUT2D eigenvalue weighted by Crippen LogP contribution is 2.27. The topological polar surface area (TPSA) is 55.1 Å². The molecular formula is C10H13BrN2OS. The van der Waals surface area contributed by atoms with Gasteiger partial charge in [-0.05, 0) is 35.1 Å². The second-order valence-electron chi connectivity index (χ2n) is 2.99. The first kappa shape index (κ1) is 12.5. The molecule has 0 fully saturated rings. The average Bonchev–Trinajstić information content (AvgIpc) is 2.21. The number of carbonyl (C=O) groups excluding carboxylic acids is 1.